The molecule has 154 valence electrons. The second kappa shape index (κ2) is 9.92. The molecule has 0 radical (unpaired) electrons. The summed E-state index contributed by atoms with van der Waals surface area (Å²) >= 11 is 1.59. The van der Waals surface area contributed by atoms with Crippen molar-refractivity contribution in [2.24, 2.45) is 5.73 Å². The monoisotopic (exact) mass is 417 g/mol. The molecule has 1 unspecified atom stereocenters. The number of ether oxygens (including phenoxy) is 3. The van der Waals surface area contributed by atoms with E-state index in [9.17, 15) is 9.59 Å². The number of anilines is 1. The molecule has 0 saturated carbocycles. The highest BCUT2D eigenvalue weighted by Gasteiger charge is 2.19. The summed E-state index contributed by atoms with van der Waals surface area (Å²) in [5.41, 5.74) is 6.67. The topological polar surface area (TPSA) is 112 Å². The smallest absolute Gasteiger partial charge is 0.312 e. The molecule has 1 heterocycles. The van der Waals surface area contributed by atoms with E-state index in [1.807, 2.05) is 30.5 Å². The minimum Gasteiger partial charge on any atom is -0.489 e. The number of primary amides is 1. The molecule has 1 atom stereocenters. The van der Waals surface area contributed by atoms with Crippen LogP contribution in [0.15, 0.2) is 42.5 Å². The largest absolute Gasteiger partial charge is 0.489 e. The Bertz CT molecular complexity index is 877. The molecule has 0 spiro atoms. The molecule has 2 aromatic carbocycles. The molecule has 8 nitrogen and oxygen atoms in total. The number of carbonyl (C=O) groups is 2. The van der Waals surface area contributed by atoms with Crippen LogP contribution in [0, 0.1) is 0 Å². The van der Waals surface area contributed by atoms with E-state index >= 15 is 0 Å². The van der Waals surface area contributed by atoms with E-state index in [1.54, 1.807) is 30.0 Å². The molecule has 1 aliphatic rings. The van der Waals surface area contributed by atoms with E-state index in [0.29, 0.717) is 36.0 Å². The van der Waals surface area contributed by atoms with Crippen molar-refractivity contribution in [1.29, 1.82) is 0 Å². The number of nitrogens with one attached hydrogen (secondary N) is 2. The molecular formula is C20H23N3O5S. The minimum atomic E-state index is -0.725. The molecule has 3 amide bonds. The van der Waals surface area contributed by atoms with Gasteiger partial charge >= 0.3 is 6.03 Å². The van der Waals surface area contributed by atoms with Gasteiger partial charge in [0.1, 0.15) is 18.4 Å². The standard InChI is InChI=1S/C20H23N3O5S/c1-29-8-7-16(23-20(21)25)19(24)22-14-4-2-3-13(9-14)11-26-15-5-6-17-18(10-15)28-12-27-17/h2-6,9-10,16H,7-8,11-12H2,1H3,(H,22,24)(H3,21,23,25). The number of nitrogens with two attached hydrogens (primary N) is 1. The van der Waals surface area contributed by atoms with Crippen LogP contribution in [0.2, 0.25) is 0 Å². The highest BCUT2D eigenvalue weighted by molar-refractivity contribution is 7.98. The lowest BCUT2D eigenvalue weighted by molar-refractivity contribution is -0.117. The second-order valence-electron chi connectivity index (χ2n) is 6.34. The van der Waals surface area contributed by atoms with Gasteiger partial charge in [0.25, 0.3) is 0 Å². The fraction of sp³-hybridized carbons (Fsp3) is 0.300. The van der Waals surface area contributed by atoms with Crippen LogP contribution in [-0.4, -0.2) is 36.8 Å². The average Bonchev–Trinajstić information content (AvgIpc) is 3.17. The van der Waals surface area contributed by atoms with Crippen LogP contribution < -0.4 is 30.6 Å². The molecule has 2 aromatic rings. The highest BCUT2D eigenvalue weighted by Crippen LogP contribution is 2.35. The van der Waals surface area contributed by atoms with Gasteiger partial charge in [0.2, 0.25) is 12.7 Å². The highest BCUT2D eigenvalue weighted by atomic mass is 32.2. The Hall–Kier alpha value is -3.07. The van der Waals surface area contributed by atoms with E-state index in [2.05, 4.69) is 10.6 Å². The number of urea groups is 1. The third-order valence-corrected chi connectivity index (χ3v) is 4.83. The zero-order valence-corrected chi connectivity index (χ0v) is 16.8. The molecule has 4 N–H and O–H groups in total. The third kappa shape index (κ3) is 5.95. The molecule has 0 saturated heterocycles. The Morgan fingerprint density at radius 2 is 2.03 bits per heavy atom. The van der Waals surface area contributed by atoms with Crippen LogP contribution in [-0.2, 0) is 11.4 Å². The van der Waals surface area contributed by atoms with Gasteiger partial charge in [-0.05, 0) is 48.3 Å². The summed E-state index contributed by atoms with van der Waals surface area (Å²) in [6.07, 6.45) is 2.42. The second-order valence-corrected chi connectivity index (χ2v) is 7.32. The van der Waals surface area contributed by atoms with Crippen LogP contribution in [0.4, 0.5) is 10.5 Å². The van der Waals surface area contributed by atoms with Gasteiger partial charge in [-0.1, -0.05) is 12.1 Å². The van der Waals surface area contributed by atoms with E-state index in [1.165, 1.54) is 0 Å². The maximum atomic E-state index is 12.5. The molecule has 0 fully saturated rings. The maximum Gasteiger partial charge on any atom is 0.312 e. The van der Waals surface area contributed by atoms with E-state index < -0.39 is 12.1 Å². The summed E-state index contributed by atoms with van der Waals surface area (Å²) in [5, 5.41) is 5.30. The SMILES string of the molecule is CSCCC(NC(N)=O)C(=O)Nc1cccc(COc2ccc3c(c2)OCO3)c1. The number of amides is 3. The molecule has 3 rings (SSSR count). The Morgan fingerprint density at radius 1 is 1.21 bits per heavy atom. The quantitative estimate of drug-likeness (QED) is 0.578. The van der Waals surface area contributed by atoms with Crippen LogP contribution in [0.5, 0.6) is 17.2 Å². The first-order chi connectivity index (χ1) is 14.0. The Kier molecular flexibility index (Phi) is 7.07. The first-order valence-corrected chi connectivity index (χ1v) is 10.4. The fourth-order valence-corrected chi connectivity index (χ4v) is 3.25. The van der Waals surface area contributed by atoms with Gasteiger partial charge in [-0.2, -0.15) is 11.8 Å². The van der Waals surface area contributed by atoms with Gasteiger partial charge in [0.05, 0.1) is 0 Å². The summed E-state index contributed by atoms with van der Waals surface area (Å²) in [4.78, 5) is 23.7. The molecule has 0 aromatic heterocycles. The summed E-state index contributed by atoms with van der Waals surface area (Å²) in [6.45, 7) is 0.530. The number of thioether (sulfide) groups is 1. The summed E-state index contributed by atoms with van der Waals surface area (Å²) < 4.78 is 16.4. The molecule has 1 aliphatic heterocycles. The maximum absolute atomic E-state index is 12.5. The molecular weight excluding hydrogens is 394 g/mol. The van der Waals surface area contributed by atoms with Gasteiger partial charge in [0.15, 0.2) is 11.5 Å². The Morgan fingerprint density at radius 3 is 2.83 bits per heavy atom. The Balaban J connectivity index is 1.59. The van der Waals surface area contributed by atoms with Crippen molar-refractivity contribution in [1.82, 2.24) is 5.32 Å². The molecule has 0 aliphatic carbocycles. The van der Waals surface area contributed by atoms with E-state index in [4.69, 9.17) is 19.9 Å². The van der Waals surface area contributed by atoms with Crippen LogP contribution >= 0.6 is 11.8 Å². The molecule has 29 heavy (non-hydrogen) atoms. The lowest BCUT2D eigenvalue weighted by Gasteiger charge is -2.17. The summed E-state index contributed by atoms with van der Waals surface area (Å²) in [7, 11) is 0. The number of benzene rings is 2. The predicted octanol–water partition coefficient (Wildman–Crippen LogP) is 2.72. The summed E-state index contributed by atoms with van der Waals surface area (Å²) in [6, 6.07) is 11.3. The lowest BCUT2D eigenvalue weighted by atomic mass is 10.1. The number of carbonyl (C=O) groups excluding carboxylic acids is 2. The van der Waals surface area contributed by atoms with Crippen molar-refractivity contribution in [2.75, 3.05) is 24.1 Å². The van der Waals surface area contributed by atoms with Crippen molar-refractivity contribution in [3.63, 3.8) is 0 Å². The minimum absolute atomic E-state index is 0.211. The molecule has 0 bridgehead atoms. The van der Waals surface area contributed by atoms with Crippen molar-refractivity contribution in [2.45, 2.75) is 19.1 Å². The van der Waals surface area contributed by atoms with Gasteiger partial charge in [-0.15, -0.1) is 0 Å². The van der Waals surface area contributed by atoms with Gasteiger partial charge in [-0.3, -0.25) is 4.79 Å². The van der Waals surface area contributed by atoms with Crippen molar-refractivity contribution >= 4 is 29.4 Å². The first-order valence-electron chi connectivity index (χ1n) is 9.02. The third-order valence-electron chi connectivity index (χ3n) is 4.19. The van der Waals surface area contributed by atoms with Crippen molar-refractivity contribution in [3.8, 4) is 17.2 Å². The lowest BCUT2D eigenvalue weighted by Crippen LogP contribution is -2.46. The zero-order chi connectivity index (χ0) is 20.6. The normalized spacial score (nSPS) is 12.9. The number of hydrogen-bond acceptors (Lipinski definition) is 6. The fourth-order valence-electron chi connectivity index (χ4n) is 2.78. The van der Waals surface area contributed by atoms with Crippen molar-refractivity contribution in [3.05, 3.63) is 48.0 Å². The number of hydrogen-bond donors (Lipinski definition) is 3. The first kappa shape index (κ1) is 20.7. The van der Waals surface area contributed by atoms with E-state index in [-0.39, 0.29) is 12.7 Å². The van der Waals surface area contributed by atoms with Gasteiger partial charge < -0.3 is 30.6 Å². The molecule has 9 heteroatoms. The van der Waals surface area contributed by atoms with Gasteiger partial charge in [-0.25, -0.2) is 4.79 Å². The average molecular weight is 417 g/mol. The number of fused-ring (bicyclic) bond motifs is 1. The Labute approximate surface area is 173 Å². The van der Waals surface area contributed by atoms with Crippen LogP contribution in [0.1, 0.15) is 12.0 Å². The van der Waals surface area contributed by atoms with Crippen molar-refractivity contribution < 1.29 is 23.8 Å². The van der Waals surface area contributed by atoms with Crippen LogP contribution in [0.25, 0.3) is 0 Å². The van der Waals surface area contributed by atoms with Gasteiger partial charge in [0, 0.05) is 11.8 Å². The number of rotatable bonds is 9. The van der Waals surface area contributed by atoms with E-state index in [0.717, 1.165) is 11.3 Å². The van der Waals surface area contributed by atoms with Crippen LogP contribution in [0.3, 0.4) is 0 Å². The predicted molar refractivity (Wildman–Crippen MR) is 111 cm³/mol. The zero-order valence-electron chi connectivity index (χ0n) is 16.0. The summed E-state index contributed by atoms with van der Waals surface area (Å²) in [5.74, 6) is 2.42.